The van der Waals surface area contributed by atoms with Gasteiger partial charge in [-0.25, -0.2) is 0 Å². The molecule has 0 radical (unpaired) electrons. The van der Waals surface area contributed by atoms with E-state index in [1.54, 1.807) is 18.6 Å². The lowest BCUT2D eigenvalue weighted by atomic mass is 10.1. The molecule has 0 saturated carbocycles. The van der Waals surface area contributed by atoms with E-state index in [4.69, 9.17) is 0 Å². The van der Waals surface area contributed by atoms with E-state index in [-0.39, 0.29) is 5.91 Å². The molecule has 3 aromatic rings. The summed E-state index contributed by atoms with van der Waals surface area (Å²) in [5.41, 5.74) is 4.74. The van der Waals surface area contributed by atoms with Crippen LogP contribution in [0.2, 0.25) is 0 Å². The molecule has 1 amide bonds. The number of hydrogen-bond acceptors (Lipinski definition) is 5. The summed E-state index contributed by atoms with van der Waals surface area (Å²) in [6, 6.07) is 9.69. The van der Waals surface area contributed by atoms with Crippen LogP contribution in [-0.4, -0.2) is 51.9 Å². The van der Waals surface area contributed by atoms with Crippen molar-refractivity contribution >= 4 is 11.6 Å². The van der Waals surface area contributed by atoms with Crippen molar-refractivity contribution in [3.05, 3.63) is 72.4 Å². The number of benzene rings is 1. The van der Waals surface area contributed by atoms with Gasteiger partial charge in [-0.2, -0.15) is 0 Å². The first-order valence-electron chi connectivity index (χ1n) is 9.53. The molecule has 4 rings (SSSR count). The van der Waals surface area contributed by atoms with Gasteiger partial charge in [0.05, 0.1) is 11.9 Å². The lowest BCUT2D eigenvalue weighted by molar-refractivity contribution is 0.0767. The van der Waals surface area contributed by atoms with Crippen LogP contribution in [-0.2, 0) is 0 Å². The highest BCUT2D eigenvalue weighted by Crippen LogP contribution is 2.22. The van der Waals surface area contributed by atoms with Crippen LogP contribution in [0.15, 0.2) is 61.3 Å². The number of amides is 1. The van der Waals surface area contributed by atoms with Crippen LogP contribution in [0.3, 0.4) is 0 Å². The van der Waals surface area contributed by atoms with Crippen LogP contribution >= 0.6 is 0 Å². The van der Waals surface area contributed by atoms with Gasteiger partial charge < -0.3 is 9.80 Å². The summed E-state index contributed by atoms with van der Waals surface area (Å²) >= 11 is 0. The van der Waals surface area contributed by atoms with Gasteiger partial charge in [-0.05, 0) is 37.1 Å². The summed E-state index contributed by atoms with van der Waals surface area (Å²) in [6.45, 7) is 5.30. The lowest BCUT2D eigenvalue weighted by Crippen LogP contribution is -2.35. The van der Waals surface area contributed by atoms with E-state index in [0.29, 0.717) is 12.1 Å². The summed E-state index contributed by atoms with van der Waals surface area (Å²) in [5, 5.41) is 0. The fraction of sp³-hybridized carbons (Fsp3) is 0.273. The number of pyridine rings is 1. The van der Waals surface area contributed by atoms with E-state index in [2.05, 4.69) is 32.8 Å². The summed E-state index contributed by atoms with van der Waals surface area (Å²) < 4.78 is 0. The second kappa shape index (κ2) is 8.17. The molecule has 6 heteroatoms. The molecule has 0 spiro atoms. The molecule has 0 atom stereocenters. The predicted octanol–water partition coefficient (Wildman–Crippen LogP) is 3.20. The first-order chi connectivity index (χ1) is 13.7. The highest BCUT2D eigenvalue weighted by molar-refractivity contribution is 5.95. The molecule has 142 valence electrons. The Morgan fingerprint density at radius 3 is 2.68 bits per heavy atom. The molecule has 28 heavy (non-hydrogen) atoms. The Bertz CT molecular complexity index is 960. The largest absolute Gasteiger partial charge is 0.369 e. The van der Waals surface area contributed by atoms with Crippen LogP contribution in [0.25, 0.3) is 11.3 Å². The average molecular weight is 373 g/mol. The van der Waals surface area contributed by atoms with Crippen LogP contribution in [0.5, 0.6) is 0 Å². The topological polar surface area (TPSA) is 62.2 Å². The molecule has 1 aromatic carbocycles. The zero-order chi connectivity index (χ0) is 19.3. The minimum atomic E-state index is 0.0686. The van der Waals surface area contributed by atoms with Gasteiger partial charge in [0, 0.05) is 67.8 Å². The number of aryl methyl sites for hydroxylation is 1. The second-order valence-corrected chi connectivity index (χ2v) is 6.97. The highest BCUT2D eigenvalue weighted by Gasteiger charge is 2.21. The van der Waals surface area contributed by atoms with Crippen molar-refractivity contribution in [1.82, 2.24) is 19.9 Å². The number of aromatic nitrogens is 3. The summed E-state index contributed by atoms with van der Waals surface area (Å²) in [6.07, 6.45) is 9.68. The fourth-order valence-corrected chi connectivity index (χ4v) is 3.62. The predicted molar refractivity (Wildman–Crippen MR) is 109 cm³/mol. The zero-order valence-corrected chi connectivity index (χ0v) is 16.0. The second-order valence-electron chi connectivity index (χ2n) is 6.97. The maximum absolute atomic E-state index is 13.1. The molecule has 0 bridgehead atoms. The third-order valence-corrected chi connectivity index (χ3v) is 5.08. The Kier molecular flexibility index (Phi) is 5.28. The molecular formula is C22H23N5O. The van der Waals surface area contributed by atoms with E-state index in [9.17, 15) is 4.79 Å². The highest BCUT2D eigenvalue weighted by atomic mass is 16.2. The maximum atomic E-state index is 13.1. The quantitative estimate of drug-likeness (QED) is 0.706. The van der Waals surface area contributed by atoms with Crippen molar-refractivity contribution in [2.45, 2.75) is 13.3 Å². The van der Waals surface area contributed by atoms with Crippen LogP contribution in [0, 0.1) is 6.92 Å². The fourth-order valence-electron chi connectivity index (χ4n) is 3.62. The number of carbonyl (C=O) groups is 1. The van der Waals surface area contributed by atoms with Crippen LogP contribution in [0.4, 0.5) is 5.69 Å². The molecule has 0 aliphatic carbocycles. The van der Waals surface area contributed by atoms with Gasteiger partial charge in [0.1, 0.15) is 0 Å². The Hall–Kier alpha value is -3.28. The zero-order valence-electron chi connectivity index (χ0n) is 16.0. The molecule has 2 aromatic heterocycles. The molecule has 1 aliphatic rings. The van der Waals surface area contributed by atoms with E-state index in [0.717, 1.165) is 37.3 Å². The van der Waals surface area contributed by atoms with Gasteiger partial charge in [0.15, 0.2) is 0 Å². The number of rotatable bonds is 3. The molecule has 3 heterocycles. The SMILES string of the molecule is Cc1cnccc1N1CCCN(C(=O)c2cccc(-c3cnccn3)c2)CC1. The minimum absolute atomic E-state index is 0.0686. The van der Waals surface area contributed by atoms with Crippen LogP contribution < -0.4 is 4.90 Å². The molecule has 1 fully saturated rings. The Balaban J connectivity index is 1.49. The van der Waals surface area contributed by atoms with E-state index >= 15 is 0 Å². The molecule has 6 nitrogen and oxygen atoms in total. The normalized spacial score (nSPS) is 14.6. The number of carbonyl (C=O) groups excluding carboxylic acids is 1. The third-order valence-electron chi connectivity index (χ3n) is 5.08. The van der Waals surface area contributed by atoms with Crippen molar-refractivity contribution in [2.75, 3.05) is 31.1 Å². The standard InChI is InChI=1S/C22H23N5O/c1-17-15-23-7-6-21(17)26-10-3-11-27(13-12-26)22(28)19-5-2-4-18(14-19)20-16-24-8-9-25-20/h2,4-9,14-16H,3,10-13H2,1H3. The smallest absolute Gasteiger partial charge is 0.253 e. The van der Waals surface area contributed by atoms with Gasteiger partial charge in [-0.1, -0.05) is 12.1 Å². The van der Waals surface area contributed by atoms with Gasteiger partial charge in [-0.3, -0.25) is 19.7 Å². The Morgan fingerprint density at radius 1 is 0.964 bits per heavy atom. The van der Waals surface area contributed by atoms with Crippen molar-refractivity contribution < 1.29 is 4.79 Å². The lowest BCUT2D eigenvalue weighted by Gasteiger charge is -2.25. The molecular weight excluding hydrogens is 350 g/mol. The summed E-state index contributed by atoms with van der Waals surface area (Å²) in [5.74, 6) is 0.0686. The van der Waals surface area contributed by atoms with Gasteiger partial charge in [0.25, 0.3) is 5.91 Å². The molecule has 1 aliphatic heterocycles. The van der Waals surface area contributed by atoms with Crippen molar-refractivity contribution in [2.24, 2.45) is 0 Å². The maximum Gasteiger partial charge on any atom is 0.253 e. The molecule has 0 N–H and O–H groups in total. The average Bonchev–Trinajstić information content (AvgIpc) is 3.00. The first kappa shape index (κ1) is 18.1. The van der Waals surface area contributed by atoms with Gasteiger partial charge in [-0.15, -0.1) is 0 Å². The van der Waals surface area contributed by atoms with E-state index in [1.807, 2.05) is 41.6 Å². The van der Waals surface area contributed by atoms with E-state index < -0.39 is 0 Å². The summed E-state index contributed by atoms with van der Waals surface area (Å²) in [4.78, 5) is 30.0. The van der Waals surface area contributed by atoms with Crippen LogP contribution in [0.1, 0.15) is 22.3 Å². The van der Waals surface area contributed by atoms with Crippen molar-refractivity contribution in [1.29, 1.82) is 0 Å². The third kappa shape index (κ3) is 3.86. The van der Waals surface area contributed by atoms with Gasteiger partial charge >= 0.3 is 0 Å². The molecule has 0 unspecified atom stereocenters. The monoisotopic (exact) mass is 373 g/mol. The van der Waals surface area contributed by atoms with Crippen molar-refractivity contribution in [3.63, 3.8) is 0 Å². The number of anilines is 1. The number of nitrogens with zero attached hydrogens (tertiary/aromatic N) is 5. The summed E-state index contributed by atoms with van der Waals surface area (Å²) in [7, 11) is 0. The first-order valence-corrected chi connectivity index (χ1v) is 9.53. The van der Waals surface area contributed by atoms with Crippen molar-refractivity contribution in [3.8, 4) is 11.3 Å². The van der Waals surface area contributed by atoms with E-state index in [1.165, 1.54) is 11.3 Å². The molecule has 1 saturated heterocycles. The Morgan fingerprint density at radius 2 is 1.86 bits per heavy atom. The number of hydrogen-bond donors (Lipinski definition) is 0. The minimum Gasteiger partial charge on any atom is -0.369 e. The van der Waals surface area contributed by atoms with Gasteiger partial charge in [0.2, 0.25) is 0 Å². The Labute approximate surface area is 164 Å².